The van der Waals surface area contributed by atoms with E-state index in [0.29, 0.717) is 31.4 Å². The van der Waals surface area contributed by atoms with Crippen molar-refractivity contribution in [2.75, 3.05) is 26.8 Å². The Morgan fingerprint density at radius 2 is 1.93 bits per heavy atom. The lowest BCUT2D eigenvalue weighted by Crippen LogP contribution is -2.40. The summed E-state index contributed by atoms with van der Waals surface area (Å²) in [5.41, 5.74) is 2.67. The van der Waals surface area contributed by atoms with Crippen molar-refractivity contribution in [3.05, 3.63) is 95.8 Å². The average Bonchev–Trinajstić information content (AvgIpc) is 3.72. The zero-order valence-corrected chi connectivity index (χ0v) is 25.7. The number of amides is 1. The highest BCUT2D eigenvalue weighted by atomic mass is 35.5. The summed E-state index contributed by atoms with van der Waals surface area (Å²) in [6.07, 6.45) is 5.81. The van der Waals surface area contributed by atoms with Crippen LogP contribution in [-0.2, 0) is 20.9 Å². The minimum atomic E-state index is -0.856. The number of benzene rings is 2. The second-order valence-corrected chi connectivity index (χ2v) is 12.0. The topological polar surface area (TPSA) is 95.1 Å². The number of aromatic nitrogens is 2. The minimum Gasteiger partial charge on any atom is -0.496 e. The fraction of sp³-hybridized carbons (Fsp3) is 0.312. The number of ether oxygens (including phenoxy) is 2. The van der Waals surface area contributed by atoms with Gasteiger partial charge in [0, 0.05) is 46.3 Å². The third-order valence-corrected chi connectivity index (χ3v) is 9.09. The Morgan fingerprint density at radius 3 is 2.67 bits per heavy atom. The number of esters is 1. The second-order valence-electron chi connectivity index (χ2n) is 10.5. The van der Waals surface area contributed by atoms with Crippen LogP contribution in [0.2, 0.25) is 5.02 Å². The van der Waals surface area contributed by atoms with E-state index >= 15 is 0 Å². The molecule has 43 heavy (non-hydrogen) atoms. The quantitative estimate of drug-likeness (QED) is 0.292. The van der Waals surface area contributed by atoms with Gasteiger partial charge in [-0.25, -0.2) is 9.79 Å². The fourth-order valence-corrected chi connectivity index (χ4v) is 7.10. The predicted molar refractivity (Wildman–Crippen MR) is 166 cm³/mol. The lowest BCUT2D eigenvalue weighted by Gasteiger charge is -2.26. The Kier molecular flexibility index (Phi) is 7.98. The molecular formula is C32H31ClN4O5S. The van der Waals surface area contributed by atoms with Crippen molar-refractivity contribution in [3.63, 3.8) is 0 Å². The third-order valence-electron chi connectivity index (χ3n) is 7.87. The molecule has 222 valence electrons. The molecule has 2 aromatic heterocycles. The van der Waals surface area contributed by atoms with E-state index in [0.717, 1.165) is 42.4 Å². The highest BCUT2D eigenvalue weighted by Gasteiger charge is 2.35. The Labute approximate surface area is 256 Å². The largest absolute Gasteiger partial charge is 0.496 e. The summed E-state index contributed by atoms with van der Waals surface area (Å²) in [4.78, 5) is 47.5. The van der Waals surface area contributed by atoms with E-state index in [-0.39, 0.29) is 30.2 Å². The molecule has 1 atom stereocenters. The van der Waals surface area contributed by atoms with E-state index in [1.165, 1.54) is 23.0 Å². The van der Waals surface area contributed by atoms with Crippen molar-refractivity contribution in [1.82, 2.24) is 14.0 Å². The van der Waals surface area contributed by atoms with Crippen molar-refractivity contribution >= 4 is 51.8 Å². The van der Waals surface area contributed by atoms with E-state index in [1.807, 2.05) is 46.0 Å². The van der Waals surface area contributed by atoms with Crippen molar-refractivity contribution in [1.29, 1.82) is 0 Å². The molecule has 0 bridgehead atoms. The van der Waals surface area contributed by atoms with Crippen LogP contribution in [0.5, 0.6) is 5.75 Å². The molecule has 2 aliphatic rings. The summed E-state index contributed by atoms with van der Waals surface area (Å²) < 4.78 is 14.9. The van der Waals surface area contributed by atoms with Gasteiger partial charge in [-0.3, -0.25) is 14.2 Å². The molecule has 4 aromatic rings. The van der Waals surface area contributed by atoms with Gasteiger partial charge >= 0.3 is 5.97 Å². The van der Waals surface area contributed by atoms with Crippen molar-refractivity contribution in [2.24, 2.45) is 4.99 Å². The van der Waals surface area contributed by atoms with Gasteiger partial charge in [0.1, 0.15) is 18.3 Å². The second kappa shape index (κ2) is 11.9. The molecule has 1 fully saturated rings. The number of rotatable bonds is 7. The van der Waals surface area contributed by atoms with Crippen LogP contribution in [-0.4, -0.2) is 52.7 Å². The van der Waals surface area contributed by atoms with Crippen LogP contribution >= 0.6 is 22.9 Å². The first-order chi connectivity index (χ1) is 20.8. The van der Waals surface area contributed by atoms with E-state index < -0.39 is 12.0 Å². The van der Waals surface area contributed by atoms with Crippen molar-refractivity contribution < 1.29 is 19.1 Å². The van der Waals surface area contributed by atoms with Gasteiger partial charge in [0.15, 0.2) is 4.80 Å². The summed E-state index contributed by atoms with van der Waals surface area (Å²) in [7, 11) is 1.53. The molecule has 1 saturated heterocycles. The maximum Gasteiger partial charge on any atom is 0.338 e. The van der Waals surface area contributed by atoms with Gasteiger partial charge in [0.25, 0.3) is 5.56 Å². The predicted octanol–water partition coefficient (Wildman–Crippen LogP) is 4.04. The fourth-order valence-electron chi connectivity index (χ4n) is 5.88. The van der Waals surface area contributed by atoms with Crippen LogP contribution < -0.4 is 19.6 Å². The van der Waals surface area contributed by atoms with Crippen LogP contribution in [0.1, 0.15) is 43.9 Å². The van der Waals surface area contributed by atoms with Crippen LogP contribution in [0.15, 0.2) is 69.7 Å². The Morgan fingerprint density at radius 1 is 1.16 bits per heavy atom. The van der Waals surface area contributed by atoms with Crippen LogP contribution in [0.4, 0.5) is 0 Å². The molecule has 0 unspecified atom stereocenters. The van der Waals surface area contributed by atoms with Gasteiger partial charge < -0.3 is 18.9 Å². The van der Waals surface area contributed by atoms with Gasteiger partial charge in [-0.05, 0) is 57.0 Å². The van der Waals surface area contributed by atoms with E-state index in [9.17, 15) is 14.4 Å². The summed E-state index contributed by atoms with van der Waals surface area (Å²) >= 11 is 7.64. The number of carbonyl (C=O) groups is 2. The molecule has 0 N–H and O–H groups in total. The minimum absolute atomic E-state index is 0.0848. The van der Waals surface area contributed by atoms with Gasteiger partial charge in [-0.2, -0.15) is 0 Å². The highest BCUT2D eigenvalue weighted by molar-refractivity contribution is 7.07. The summed E-state index contributed by atoms with van der Waals surface area (Å²) in [6.45, 7) is 5.44. The number of methoxy groups -OCH3 is 1. The summed E-state index contributed by atoms with van der Waals surface area (Å²) in [5.74, 6) is 0.00336. The molecule has 2 aliphatic heterocycles. The van der Waals surface area contributed by atoms with Gasteiger partial charge in [-0.15, -0.1) is 0 Å². The number of fused-ring (bicyclic) bond motifs is 2. The van der Waals surface area contributed by atoms with Gasteiger partial charge in [0.05, 0.1) is 29.5 Å². The summed E-state index contributed by atoms with van der Waals surface area (Å²) in [6, 6.07) is 12.1. The zero-order valence-electron chi connectivity index (χ0n) is 24.1. The standard InChI is InChI=1S/C32H31ClN4O5S/c1-4-42-31(40)28-19(2)34-32-37(29(28)23-16-21(33)11-12-25(23)41-3)30(39)26(43-32)15-20-17-36(24-10-6-5-9-22(20)24)18-27(38)35-13-7-8-14-35/h5-6,9-12,15-17,29H,4,7-8,13-14,18H2,1-3H3/b26-15-/t29-/m0/s1. The lowest BCUT2D eigenvalue weighted by atomic mass is 9.95. The number of para-hydroxylation sites is 1. The molecule has 6 rings (SSSR count). The third kappa shape index (κ3) is 5.29. The number of carbonyl (C=O) groups excluding carboxylic acids is 2. The lowest BCUT2D eigenvalue weighted by molar-refractivity contribution is -0.139. The van der Waals surface area contributed by atoms with E-state index in [1.54, 1.807) is 32.0 Å². The molecule has 11 heteroatoms. The molecule has 0 saturated carbocycles. The Hall–Kier alpha value is -4.15. The number of thiazole rings is 1. The number of nitrogens with zero attached hydrogens (tertiary/aromatic N) is 4. The molecule has 0 aliphatic carbocycles. The number of allylic oxidation sites excluding steroid dienone is 1. The Balaban J connectivity index is 1.51. The average molecular weight is 619 g/mol. The molecule has 2 aromatic carbocycles. The number of hydrogen-bond donors (Lipinski definition) is 0. The smallest absolute Gasteiger partial charge is 0.338 e. The monoisotopic (exact) mass is 618 g/mol. The van der Waals surface area contributed by atoms with Crippen LogP contribution in [0.25, 0.3) is 17.0 Å². The van der Waals surface area contributed by atoms with E-state index in [2.05, 4.69) is 4.99 Å². The highest BCUT2D eigenvalue weighted by Crippen LogP contribution is 2.37. The van der Waals surface area contributed by atoms with Gasteiger partial charge in [0.2, 0.25) is 5.91 Å². The number of likely N-dealkylation sites (tertiary alicyclic amines) is 1. The zero-order chi connectivity index (χ0) is 30.2. The molecule has 0 spiro atoms. The number of halogens is 1. The van der Waals surface area contributed by atoms with Crippen LogP contribution in [0.3, 0.4) is 0 Å². The molecule has 1 amide bonds. The normalized spacial score (nSPS) is 16.9. The molecule has 4 heterocycles. The maximum absolute atomic E-state index is 14.2. The van der Waals surface area contributed by atoms with Crippen molar-refractivity contribution in [3.8, 4) is 5.75 Å². The van der Waals surface area contributed by atoms with Gasteiger partial charge in [-0.1, -0.05) is 41.1 Å². The first-order valence-corrected chi connectivity index (χ1v) is 15.4. The van der Waals surface area contributed by atoms with Crippen molar-refractivity contribution in [2.45, 2.75) is 39.3 Å². The van der Waals surface area contributed by atoms with E-state index in [4.69, 9.17) is 21.1 Å². The maximum atomic E-state index is 14.2. The SMILES string of the molecule is CCOC(=O)C1=C(C)N=c2s/c(=C\c3cn(CC(=O)N4CCCC4)c4ccccc34)c(=O)n2[C@H]1c1cc(Cl)ccc1OC. The first kappa shape index (κ1) is 28.9. The molecular weight excluding hydrogens is 588 g/mol. The first-order valence-electron chi connectivity index (χ1n) is 14.2. The molecule has 9 nitrogen and oxygen atoms in total. The molecule has 0 radical (unpaired) electrons. The number of hydrogen-bond acceptors (Lipinski definition) is 7. The van der Waals surface area contributed by atoms with Crippen LogP contribution in [0, 0.1) is 0 Å². The Bertz CT molecular complexity index is 1970. The summed E-state index contributed by atoms with van der Waals surface area (Å²) in [5, 5.41) is 1.37.